The highest BCUT2D eigenvalue weighted by atomic mass is 15.1. The second-order valence-electron chi connectivity index (χ2n) is 7.24. The van der Waals surface area contributed by atoms with Gasteiger partial charge >= 0.3 is 0 Å². The van der Waals surface area contributed by atoms with Crippen LogP contribution in [0.1, 0.15) is 30.7 Å². The van der Waals surface area contributed by atoms with E-state index in [1.54, 1.807) is 0 Å². The molecule has 1 aromatic heterocycles. The Morgan fingerprint density at radius 1 is 0.852 bits per heavy atom. The molecule has 1 heterocycles. The maximum Gasteiger partial charge on any atom is 0.0453 e. The van der Waals surface area contributed by atoms with Crippen LogP contribution >= 0.6 is 0 Å². The van der Waals surface area contributed by atoms with Crippen LogP contribution in [0, 0.1) is 6.92 Å². The molecule has 27 heavy (non-hydrogen) atoms. The molecular weight excluding hydrogens is 330 g/mol. The minimum absolute atomic E-state index is 0.937. The Morgan fingerprint density at radius 2 is 1.52 bits per heavy atom. The van der Waals surface area contributed by atoms with E-state index >= 15 is 0 Å². The number of benzene rings is 2. The summed E-state index contributed by atoms with van der Waals surface area (Å²) in [5.41, 5.74) is 7.79. The largest absolute Gasteiger partial charge is 0.378 e. The average molecular weight is 362 g/mol. The van der Waals surface area contributed by atoms with Crippen LogP contribution in [-0.2, 0) is 6.42 Å². The van der Waals surface area contributed by atoms with Crippen molar-refractivity contribution in [3.63, 3.8) is 0 Å². The number of aryl methyl sites for hydroxylation is 1. The summed E-state index contributed by atoms with van der Waals surface area (Å²) in [6.45, 7) is 8.73. The standard InChI is InChI=1S/C24H31N3/c1-6-26(7-2)23-11-10-20(19(3)17-23)18-24-9-8-16-27(24)22-14-12-21(13-15-22)25(4)5/h8-17H,6-7,18H2,1-5H3. The Balaban J connectivity index is 1.84. The highest BCUT2D eigenvalue weighted by Gasteiger charge is 2.09. The van der Waals surface area contributed by atoms with Crippen molar-refractivity contribution >= 4 is 11.4 Å². The third kappa shape index (κ3) is 4.19. The molecule has 0 saturated heterocycles. The zero-order valence-electron chi connectivity index (χ0n) is 17.2. The van der Waals surface area contributed by atoms with Crippen LogP contribution in [0.15, 0.2) is 60.8 Å². The van der Waals surface area contributed by atoms with Crippen LogP contribution in [0.25, 0.3) is 5.69 Å². The predicted molar refractivity (Wildman–Crippen MR) is 118 cm³/mol. The molecule has 0 aliphatic carbocycles. The van der Waals surface area contributed by atoms with Crippen molar-refractivity contribution in [1.82, 2.24) is 4.57 Å². The molecule has 3 nitrogen and oxygen atoms in total. The van der Waals surface area contributed by atoms with Crippen LogP contribution < -0.4 is 9.80 Å². The van der Waals surface area contributed by atoms with E-state index in [2.05, 4.69) is 110 Å². The van der Waals surface area contributed by atoms with Gasteiger partial charge in [-0.15, -0.1) is 0 Å². The maximum absolute atomic E-state index is 2.39. The molecule has 3 rings (SSSR count). The fourth-order valence-corrected chi connectivity index (χ4v) is 3.58. The summed E-state index contributed by atoms with van der Waals surface area (Å²) in [6.07, 6.45) is 3.09. The smallest absolute Gasteiger partial charge is 0.0453 e. The Kier molecular flexibility index (Phi) is 5.90. The topological polar surface area (TPSA) is 11.4 Å². The van der Waals surface area contributed by atoms with Gasteiger partial charge < -0.3 is 14.4 Å². The summed E-state index contributed by atoms with van der Waals surface area (Å²) in [5.74, 6) is 0. The summed E-state index contributed by atoms with van der Waals surface area (Å²) >= 11 is 0. The fraction of sp³-hybridized carbons (Fsp3) is 0.333. The van der Waals surface area contributed by atoms with Crippen LogP contribution in [-0.4, -0.2) is 31.8 Å². The van der Waals surface area contributed by atoms with Gasteiger partial charge in [-0.1, -0.05) is 6.07 Å². The Morgan fingerprint density at radius 3 is 2.11 bits per heavy atom. The number of hydrogen-bond donors (Lipinski definition) is 0. The molecular formula is C24H31N3. The van der Waals surface area contributed by atoms with Gasteiger partial charge in [0, 0.05) is 62.6 Å². The van der Waals surface area contributed by atoms with E-state index in [1.807, 2.05) is 0 Å². The van der Waals surface area contributed by atoms with Crippen molar-refractivity contribution in [2.75, 3.05) is 37.0 Å². The normalized spacial score (nSPS) is 10.9. The first-order valence-corrected chi connectivity index (χ1v) is 9.82. The van der Waals surface area contributed by atoms with E-state index in [9.17, 15) is 0 Å². The van der Waals surface area contributed by atoms with E-state index in [4.69, 9.17) is 0 Å². The maximum atomic E-state index is 2.39. The van der Waals surface area contributed by atoms with E-state index in [0.717, 1.165) is 19.5 Å². The molecule has 3 aromatic rings. The first-order chi connectivity index (χ1) is 13.0. The molecule has 0 amide bonds. The highest BCUT2D eigenvalue weighted by Crippen LogP contribution is 2.23. The van der Waals surface area contributed by atoms with Crippen molar-refractivity contribution < 1.29 is 0 Å². The third-order valence-corrected chi connectivity index (χ3v) is 5.30. The predicted octanol–water partition coefficient (Wildman–Crippen LogP) is 5.29. The van der Waals surface area contributed by atoms with E-state index in [1.165, 1.54) is 33.9 Å². The van der Waals surface area contributed by atoms with E-state index in [-0.39, 0.29) is 0 Å². The molecule has 0 radical (unpaired) electrons. The molecule has 0 unspecified atom stereocenters. The van der Waals surface area contributed by atoms with Gasteiger partial charge in [0.05, 0.1) is 0 Å². The minimum Gasteiger partial charge on any atom is -0.378 e. The van der Waals surface area contributed by atoms with Crippen molar-refractivity contribution in [2.45, 2.75) is 27.2 Å². The number of rotatable bonds is 7. The van der Waals surface area contributed by atoms with E-state index < -0.39 is 0 Å². The molecule has 0 aliphatic rings. The molecule has 0 saturated carbocycles. The Bertz CT molecular complexity index is 871. The zero-order chi connectivity index (χ0) is 19.4. The van der Waals surface area contributed by atoms with Crippen molar-refractivity contribution in [2.24, 2.45) is 0 Å². The van der Waals surface area contributed by atoms with Gasteiger partial charge in [0.15, 0.2) is 0 Å². The molecule has 0 atom stereocenters. The summed E-state index contributed by atoms with van der Waals surface area (Å²) in [6, 6.07) is 19.9. The minimum atomic E-state index is 0.937. The lowest BCUT2D eigenvalue weighted by atomic mass is 10.0. The monoisotopic (exact) mass is 361 g/mol. The SMILES string of the molecule is CCN(CC)c1ccc(Cc2cccn2-c2ccc(N(C)C)cc2)c(C)c1. The van der Waals surface area contributed by atoms with E-state index in [0.29, 0.717) is 0 Å². The molecule has 0 fully saturated rings. The fourth-order valence-electron chi connectivity index (χ4n) is 3.58. The molecule has 0 N–H and O–H groups in total. The van der Waals surface area contributed by atoms with Crippen molar-refractivity contribution in [1.29, 1.82) is 0 Å². The number of nitrogens with zero attached hydrogens (tertiary/aromatic N) is 3. The third-order valence-electron chi connectivity index (χ3n) is 5.30. The first-order valence-electron chi connectivity index (χ1n) is 9.82. The molecule has 0 bridgehead atoms. The van der Waals surface area contributed by atoms with Crippen molar-refractivity contribution in [3.8, 4) is 5.69 Å². The lowest BCUT2D eigenvalue weighted by Crippen LogP contribution is -2.21. The second kappa shape index (κ2) is 8.34. The van der Waals surface area contributed by atoms with Gasteiger partial charge in [-0.2, -0.15) is 0 Å². The van der Waals surface area contributed by atoms with Crippen LogP contribution in [0.2, 0.25) is 0 Å². The van der Waals surface area contributed by atoms with Gasteiger partial charge in [0.25, 0.3) is 0 Å². The summed E-state index contributed by atoms with van der Waals surface area (Å²) in [4.78, 5) is 4.52. The average Bonchev–Trinajstić information content (AvgIpc) is 3.13. The molecule has 0 aliphatic heterocycles. The number of anilines is 2. The number of hydrogen-bond acceptors (Lipinski definition) is 2. The molecule has 142 valence electrons. The van der Waals surface area contributed by atoms with Crippen LogP contribution in [0.3, 0.4) is 0 Å². The first kappa shape index (κ1) is 19.1. The zero-order valence-corrected chi connectivity index (χ0v) is 17.2. The second-order valence-corrected chi connectivity index (χ2v) is 7.24. The highest BCUT2D eigenvalue weighted by molar-refractivity contribution is 5.53. The van der Waals surface area contributed by atoms with Gasteiger partial charge in [-0.3, -0.25) is 0 Å². The summed E-state index contributed by atoms with van der Waals surface area (Å²) in [7, 11) is 4.14. The molecule has 2 aromatic carbocycles. The van der Waals surface area contributed by atoms with Crippen LogP contribution in [0.5, 0.6) is 0 Å². The lowest BCUT2D eigenvalue weighted by Gasteiger charge is -2.22. The van der Waals surface area contributed by atoms with Gasteiger partial charge in [0.1, 0.15) is 0 Å². The van der Waals surface area contributed by atoms with Gasteiger partial charge in [-0.25, -0.2) is 0 Å². The van der Waals surface area contributed by atoms with Crippen LogP contribution in [0.4, 0.5) is 11.4 Å². The number of aromatic nitrogens is 1. The quantitative estimate of drug-likeness (QED) is 0.566. The van der Waals surface area contributed by atoms with Gasteiger partial charge in [0.2, 0.25) is 0 Å². The molecule has 0 spiro atoms. The Labute approximate surface area is 163 Å². The summed E-state index contributed by atoms with van der Waals surface area (Å²) < 4.78 is 2.29. The lowest BCUT2D eigenvalue weighted by molar-refractivity contribution is 0.864. The molecule has 3 heteroatoms. The van der Waals surface area contributed by atoms with Gasteiger partial charge in [-0.05, 0) is 80.4 Å². The Hall–Kier alpha value is -2.68. The summed E-state index contributed by atoms with van der Waals surface area (Å²) in [5, 5.41) is 0. The van der Waals surface area contributed by atoms with Crippen molar-refractivity contribution in [3.05, 3.63) is 77.6 Å².